The van der Waals surface area contributed by atoms with Crippen molar-refractivity contribution in [3.05, 3.63) is 63.6 Å². The molecule has 2 aromatic carbocycles. The number of hydrogen-bond acceptors (Lipinski definition) is 3. The smallest absolute Gasteiger partial charge is 0.309 e. The molecule has 0 amide bonds. The Morgan fingerprint density at radius 1 is 1.08 bits per heavy atom. The van der Waals surface area contributed by atoms with E-state index in [4.69, 9.17) is 28.3 Å². The molecule has 0 aliphatic carbocycles. The van der Waals surface area contributed by atoms with Gasteiger partial charge in [-0.05, 0) is 35.4 Å². The van der Waals surface area contributed by atoms with Crippen molar-refractivity contribution in [3.8, 4) is 0 Å². The number of likely N-dealkylation sites (tertiary alicyclic amines) is 1. The van der Waals surface area contributed by atoms with Crippen LogP contribution in [-0.4, -0.2) is 29.1 Å². The van der Waals surface area contributed by atoms with E-state index in [0.29, 0.717) is 29.7 Å². The van der Waals surface area contributed by atoms with Crippen LogP contribution in [0.4, 0.5) is 5.69 Å². The number of halogens is 2. The Morgan fingerprint density at radius 3 is 2.38 bits per heavy atom. The molecule has 0 radical (unpaired) electrons. The maximum absolute atomic E-state index is 10.8. The van der Waals surface area contributed by atoms with Gasteiger partial charge in [0.2, 0.25) is 0 Å². The zero-order chi connectivity index (χ0) is 17.1. The van der Waals surface area contributed by atoms with Crippen molar-refractivity contribution in [2.75, 3.05) is 18.4 Å². The topological polar surface area (TPSA) is 52.6 Å². The van der Waals surface area contributed by atoms with E-state index >= 15 is 0 Å². The van der Waals surface area contributed by atoms with E-state index < -0.39 is 5.97 Å². The van der Waals surface area contributed by atoms with Crippen LogP contribution in [0.3, 0.4) is 0 Å². The average molecular weight is 365 g/mol. The largest absolute Gasteiger partial charge is 0.481 e. The van der Waals surface area contributed by atoms with E-state index in [1.54, 1.807) is 6.07 Å². The van der Waals surface area contributed by atoms with Gasteiger partial charge in [0.25, 0.3) is 0 Å². The summed E-state index contributed by atoms with van der Waals surface area (Å²) >= 11 is 11.9. The van der Waals surface area contributed by atoms with Crippen LogP contribution in [0.25, 0.3) is 0 Å². The third kappa shape index (κ3) is 4.20. The van der Waals surface area contributed by atoms with Crippen molar-refractivity contribution in [2.45, 2.75) is 13.1 Å². The van der Waals surface area contributed by atoms with Crippen molar-refractivity contribution >= 4 is 34.9 Å². The summed E-state index contributed by atoms with van der Waals surface area (Å²) < 4.78 is 0. The molecule has 0 bridgehead atoms. The molecular weight excluding hydrogens is 347 g/mol. The van der Waals surface area contributed by atoms with Gasteiger partial charge in [-0.25, -0.2) is 0 Å². The molecule has 4 nitrogen and oxygen atoms in total. The zero-order valence-corrected chi connectivity index (χ0v) is 14.5. The van der Waals surface area contributed by atoms with E-state index in [2.05, 4.69) is 22.3 Å². The second-order valence-corrected chi connectivity index (χ2v) is 6.84. The van der Waals surface area contributed by atoms with Crippen LogP contribution in [0.15, 0.2) is 42.5 Å². The maximum atomic E-state index is 10.8. The van der Waals surface area contributed by atoms with Gasteiger partial charge in [0.05, 0.1) is 16.0 Å². The van der Waals surface area contributed by atoms with Gasteiger partial charge in [-0.3, -0.25) is 9.69 Å². The summed E-state index contributed by atoms with van der Waals surface area (Å²) in [7, 11) is 0. The van der Waals surface area contributed by atoms with Gasteiger partial charge in [0.15, 0.2) is 0 Å². The van der Waals surface area contributed by atoms with Gasteiger partial charge < -0.3 is 10.4 Å². The summed E-state index contributed by atoms with van der Waals surface area (Å²) in [5, 5.41) is 13.3. The van der Waals surface area contributed by atoms with Crippen LogP contribution < -0.4 is 5.32 Å². The van der Waals surface area contributed by atoms with Gasteiger partial charge in [0.1, 0.15) is 0 Å². The SMILES string of the molecule is O=C(O)C1CN(Cc2ccc(NCc3ccc(Cl)c(Cl)c3)cc2)C1. The molecule has 0 unspecified atom stereocenters. The summed E-state index contributed by atoms with van der Waals surface area (Å²) in [5.41, 5.74) is 3.27. The third-order valence-electron chi connectivity index (χ3n) is 4.15. The van der Waals surface area contributed by atoms with Crippen molar-refractivity contribution < 1.29 is 9.90 Å². The highest BCUT2D eigenvalue weighted by Gasteiger charge is 2.31. The number of rotatable bonds is 6. The molecule has 2 aromatic rings. The fraction of sp³-hybridized carbons (Fsp3) is 0.278. The lowest BCUT2D eigenvalue weighted by molar-refractivity contribution is -0.147. The Balaban J connectivity index is 1.49. The maximum Gasteiger partial charge on any atom is 0.309 e. The fourth-order valence-electron chi connectivity index (χ4n) is 2.70. The number of carboxylic acid groups (broad SMARTS) is 1. The summed E-state index contributed by atoms with van der Waals surface area (Å²) in [6.07, 6.45) is 0. The molecular formula is C18H18Cl2N2O2. The van der Waals surface area contributed by atoms with Crippen molar-refractivity contribution in [3.63, 3.8) is 0 Å². The first-order valence-electron chi connectivity index (χ1n) is 7.73. The third-order valence-corrected chi connectivity index (χ3v) is 4.89. The van der Waals surface area contributed by atoms with Crippen molar-refractivity contribution in [2.24, 2.45) is 5.92 Å². The summed E-state index contributed by atoms with van der Waals surface area (Å²) in [6.45, 7) is 2.72. The zero-order valence-electron chi connectivity index (χ0n) is 13.0. The summed E-state index contributed by atoms with van der Waals surface area (Å²) in [4.78, 5) is 12.9. The molecule has 3 rings (SSSR count). The molecule has 1 heterocycles. The van der Waals surface area contributed by atoms with Crippen molar-refractivity contribution in [1.29, 1.82) is 0 Å². The second-order valence-electron chi connectivity index (χ2n) is 6.03. The summed E-state index contributed by atoms with van der Waals surface area (Å²) in [5.74, 6) is -0.912. The van der Waals surface area contributed by atoms with Crippen molar-refractivity contribution in [1.82, 2.24) is 4.90 Å². The minimum absolute atomic E-state index is 0.211. The lowest BCUT2D eigenvalue weighted by Gasteiger charge is -2.36. The molecule has 1 aliphatic heterocycles. The van der Waals surface area contributed by atoms with Gasteiger partial charge in [0, 0.05) is 31.9 Å². The molecule has 2 N–H and O–H groups in total. The van der Waals surface area contributed by atoms with E-state index in [1.165, 1.54) is 5.56 Å². The van der Waals surface area contributed by atoms with E-state index in [-0.39, 0.29) is 5.92 Å². The molecule has 24 heavy (non-hydrogen) atoms. The Morgan fingerprint density at radius 2 is 1.75 bits per heavy atom. The van der Waals surface area contributed by atoms with Crippen LogP contribution in [0, 0.1) is 5.92 Å². The fourth-order valence-corrected chi connectivity index (χ4v) is 3.02. The minimum atomic E-state index is -0.701. The Kier molecular flexibility index (Phi) is 5.29. The highest BCUT2D eigenvalue weighted by atomic mass is 35.5. The first-order valence-corrected chi connectivity index (χ1v) is 8.49. The Hall–Kier alpha value is -1.75. The minimum Gasteiger partial charge on any atom is -0.481 e. The molecule has 1 aliphatic rings. The average Bonchev–Trinajstić information content (AvgIpc) is 2.52. The number of benzene rings is 2. The van der Waals surface area contributed by atoms with Gasteiger partial charge in [-0.1, -0.05) is 41.4 Å². The first-order chi connectivity index (χ1) is 11.5. The normalized spacial score (nSPS) is 15.1. The summed E-state index contributed by atoms with van der Waals surface area (Å²) in [6, 6.07) is 13.8. The molecule has 126 valence electrons. The van der Waals surface area contributed by atoms with Gasteiger partial charge in [-0.15, -0.1) is 0 Å². The number of carboxylic acids is 1. The Bertz CT molecular complexity index is 728. The first kappa shape index (κ1) is 17.1. The Labute approximate surface area is 151 Å². The van der Waals surface area contributed by atoms with Crippen LogP contribution >= 0.6 is 23.2 Å². The van der Waals surface area contributed by atoms with E-state index in [1.807, 2.05) is 24.3 Å². The quantitative estimate of drug-likeness (QED) is 0.809. The molecule has 0 atom stereocenters. The number of nitrogens with zero attached hydrogens (tertiary/aromatic N) is 1. The molecule has 0 saturated carbocycles. The van der Waals surface area contributed by atoms with Gasteiger partial charge in [-0.2, -0.15) is 0 Å². The van der Waals surface area contributed by atoms with E-state index in [0.717, 1.165) is 17.8 Å². The number of hydrogen-bond donors (Lipinski definition) is 2. The second kappa shape index (κ2) is 7.43. The lowest BCUT2D eigenvalue weighted by atomic mass is 9.99. The van der Waals surface area contributed by atoms with E-state index in [9.17, 15) is 4.79 Å². The van der Waals surface area contributed by atoms with Crippen LogP contribution in [-0.2, 0) is 17.9 Å². The highest BCUT2D eigenvalue weighted by molar-refractivity contribution is 6.42. The number of carbonyl (C=O) groups is 1. The molecule has 0 aromatic heterocycles. The number of nitrogens with one attached hydrogen (secondary N) is 1. The van der Waals surface area contributed by atoms with Crippen LogP contribution in [0.2, 0.25) is 10.0 Å². The van der Waals surface area contributed by atoms with Crippen LogP contribution in [0.1, 0.15) is 11.1 Å². The predicted molar refractivity (Wildman–Crippen MR) is 96.6 cm³/mol. The highest BCUT2D eigenvalue weighted by Crippen LogP contribution is 2.23. The molecule has 6 heteroatoms. The predicted octanol–water partition coefficient (Wildman–Crippen LogP) is 4.12. The standard InChI is InChI=1S/C18H18Cl2N2O2/c19-16-6-3-13(7-17(16)20)8-21-15-4-1-12(2-5-15)9-22-10-14(11-22)18(23)24/h1-7,14,21H,8-11H2,(H,23,24). The molecule has 1 saturated heterocycles. The number of aliphatic carboxylic acids is 1. The van der Waals surface area contributed by atoms with Gasteiger partial charge >= 0.3 is 5.97 Å². The molecule has 0 spiro atoms. The molecule has 1 fully saturated rings. The van der Waals surface area contributed by atoms with Crippen LogP contribution in [0.5, 0.6) is 0 Å². The lowest BCUT2D eigenvalue weighted by Crippen LogP contribution is -2.49. The monoisotopic (exact) mass is 364 g/mol. The number of anilines is 1.